The van der Waals surface area contributed by atoms with Crippen LogP contribution < -0.4 is 85.9 Å². The SMILES string of the molecule is CC(C)C[C@@H]1NC(=O)[C@H](CCCNC(=N)N)NC(=O)CN(C)C(=O)[C@H](C)N(C)C(=O)[C@H](C(C)C)NC(=O)[C@H](Cc2ccc(-c3ccccc3)cc2)NC(=O)[C@H](Cc2ccc(O)cc2)NC(=O)[C@H](Cc2c[nH]c3ccccc23)NC(=O)[C@H](CC(=O)O)NC(=O)[C@H](Cc2ccc(O)cc2)NC(=O)[C@H](Cc2ccccc2)NC(=O)CSC[C@@H](C(=O)NCC(N)=O)NC(=O)[C@H](CO)NC(=O)[C@H](C(C)C)NC1=O. The van der Waals surface area contributed by atoms with Gasteiger partial charge < -0.3 is 121 Å². The highest BCUT2D eigenvalue weighted by Crippen LogP contribution is 2.25. The van der Waals surface area contributed by atoms with Crippen molar-refractivity contribution in [1.29, 1.82) is 5.41 Å². The van der Waals surface area contributed by atoms with Crippen LogP contribution in [0.2, 0.25) is 0 Å². The number of carboxylic acid groups (broad SMARTS) is 1. The van der Waals surface area contributed by atoms with Gasteiger partial charge >= 0.3 is 5.97 Å². The number of aromatic amines is 1. The van der Waals surface area contributed by atoms with Gasteiger partial charge in [0.1, 0.15) is 90.0 Å². The number of aliphatic hydroxyl groups excluding tert-OH is 1. The van der Waals surface area contributed by atoms with E-state index < -0.39 is 254 Å². The molecule has 1 aromatic heterocycles. The number of nitrogens with two attached hydrogens (primary N) is 2. The Morgan fingerprint density at radius 3 is 1.41 bits per heavy atom. The summed E-state index contributed by atoms with van der Waals surface area (Å²) in [6.45, 7) is 8.48. The molecule has 0 unspecified atom stereocenters. The number of carbonyl (C=O) groups excluding carboxylic acids is 16. The smallest absolute Gasteiger partial charge is 0.305 e. The fourth-order valence-electron chi connectivity index (χ4n) is 15.1. The summed E-state index contributed by atoms with van der Waals surface area (Å²) in [5.74, 6) is -21.6. The standard InChI is InChI=1S/C96H124N20O21S/c1-52(2)39-68-90(132)113-81(53(3)4)93(135)111-75(49-117)92(134)112-76(83(125)102-47-77(97)120)50-138-51-79(122)104-69(40-56-19-12-10-13-20-56)85(127)106-71(43-59-30-36-64(119)37-31-59)87(129)110-74(45-80(123)124)89(131)109-73(44-62-46-101-66-24-17-16-23-65(62)66)88(130)107-70(42-58-28-34-63(118)35-29-58)86(128)108-72(41-57-26-32-61(33-27-57)60-21-14-11-15-22-60)91(133)114-82(54(5)6)95(137)116(9)55(7)94(136)115(8)48-78(121)103-67(84(126)105-68)25-18-38-100-96(98)99/h10-17,19-24,26-37,46,52-55,67-76,81-82,101,117-119H,18,25,38-45,47-51H2,1-9H3,(H2,97,120)(H,102,125)(H,103,121)(H,104,122)(H,105,126)(H,106,127)(H,107,130)(H,108,128)(H,109,131)(H,110,129)(H,111,135)(H,112,134)(H,113,132)(H,114,133)(H,123,124)(H4,98,99,100)/t55-,67-,68-,69-,70-,71-,72-,73-,74-,75-,76-,81-,82-/m0/s1. The first kappa shape index (κ1) is 108. The third-order valence-electron chi connectivity index (χ3n) is 22.7. The number of phenols is 2. The zero-order chi connectivity index (χ0) is 101. The molecule has 1 saturated heterocycles. The predicted molar refractivity (Wildman–Crippen MR) is 512 cm³/mol. The summed E-state index contributed by atoms with van der Waals surface area (Å²) in [5.41, 5.74) is 15.1. The van der Waals surface area contributed by atoms with Gasteiger partial charge in [-0.3, -0.25) is 86.9 Å². The first-order valence-corrected chi connectivity index (χ1v) is 46.2. The number of amides is 16. The summed E-state index contributed by atoms with van der Waals surface area (Å²) in [6, 6.07) is 20.8. The van der Waals surface area contributed by atoms with E-state index in [0.29, 0.717) is 44.9 Å². The van der Waals surface area contributed by atoms with E-state index in [2.05, 4.69) is 79.4 Å². The number of nitrogens with one attached hydrogen (secondary N) is 16. The van der Waals surface area contributed by atoms with Crippen LogP contribution >= 0.6 is 11.8 Å². The van der Waals surface area contributed by atoms with Crippen molar-refractivity contribution in [3.8, 4) is 22.6 Å². The topological polar surface area (TPSA) is 638 Å². The van der Waals surface area contributed by atoms with Crippen molar-refractivity contribution in [2.24, 2.45) is 29.2 Å². The Hall–Kier alpha value is -15.0. The molecule has 1 fully saturated rings. The molecule has 41 nitrogen and oxygen atoms in total. The molecule has 6 aromatic carbocycles. The molecule has 138 heavy (non-hydrogen) atoms. The van der Waals surface area contributed by atoms with Crippen molar-refractivity contribution in [2.75, 3.05) is 51.8 Å². The lowest BCUT2D eigenvalue weighted by Crippen LogP contribution is -2.61. The molecule has 24 N–H and O–H groups in total. The zero-order valence-corrected chi connectivity index (χ0v) is 78.9. The van der Waals surface area contributed by atoms with Crippen LogP contribution in [-0.2, 0) is 114 Å². The average molecular weight is 1930 g/mol. The quantitative estimate of drug-likeness (QED) is 0.0191. The lowest BCUT2D eigenvalue weighted by molar-refractivity contribution is -0.147. The Labute approximate surface area is 801 Å². The second-order valence-corrected chi connectivity index (χ2v) is 35.9. The van der Waals surface area contributed by atoms with Crippen LogP contribution in [0.1, 0.15) is 102 Å². The number of likely N-dealkylation sites (N-methyl/N-ethyl adjacent to an activating group) is 2. The molecular weight excluding hydrogens is 1800 g/mol. The maximum Gasteiger partial charge on any atom is 0.305 e. The van der Waals surface area contributed by atoms with E-state index in [4.69, 9.17) is 16.9 Å². The summed E-state index contributed by atoms with van der Waals surface area (Å²) in [7, 11) is 2.53. The molecule has 740 valence electrons. The molecule has 7 aromatic rings. The monoisotopic (exact) mass is 1920 g/mol. The fraction of sp³-hybridized carbons (Fsp3) is 0.417. The van der Waals surface area contributed by atoms with E-state index in [1.165, 1.54) is 83.4 Å². The van der Waals surface area contributed by atoms with Crippen LogP contribution in [0.25, 0.3) is 22.0 Å². The molecule has 42 heteroatoms. The number of para-hydroxylation sites is 1. The van der Waals surface area contributed by atoms with E-state index >= 15 is 33.6 Å². The number of fused-ring (bicyclic) bond motifs is 1. The summed E-state index contributed by atoms with van der Waals surface area (Å²) in [6.07, 6.45) is -1.59. The minimum Gasteiger partial charge on any atom is -0.508 e. The van der Waals surface area contributed by atoms with Crippen molar-refractivity contribution in [2.45, 2.75) is 185 Å². The van der Waals surface area contributed by atoms with Gasteiger partial charge in [0.25, 0.3) is 0 Å². The maximum absolute atomic E-state index is 15.7. The second-order valence-electron chi connectivity index (χ2n) is 34.9. The molecule has 13 atom stereocenters. The van der Waals surface area contributed by atoms with Crippen LogP contribution in [0.4, 0.5) is 0 Å². The Bertz CT molecular complexity index is 5440. The fourth-order valence-corrected chi connectivity index (χ4v) is 15.9. The summed E-state index contributed by atoms with van der Waals surface area (Å²) < 4.78 is 0. The van der Waals surface area contributed by atoms with Crippen LogP contribution in [0.15, 0.2) is 164 Å². The second kappa shape index (κ2) is 52.8. The lowest BCUT2D eigenvalue weighted by Gasteiger charge is -2.33. The number of rotatable bonds is 25. The average Bonchev–Trinajstić information content (AvgIpc) is 1.69. The van der Waals surface area contributed by atoms with Gasteiger partial charge in [-0.05, 0) is 113 Å². The molecular formula is C96H124N20O21S. The number of H-pyrrole nitrogens is 1. The van der Waals surface area contributed by atoms with Gasteiger partial charge in [0.05, 0.1) is 31.9 Å². The third kappa shape index (κ3) is 33.8. The molecule has 2 heterocycles. The van der Waals surface area contributed by atoms with E-state index in [1.54, 1.807) is 113 Å². The third-order valence-corrected chi connectivity index (χ3v) is 23.8. The molecule has 0 saturated carbocycles. The number of aliphatic carboxylic acids is 1. The maximum atomic E-state index is 15.7. The van der Waals surface area contributed by atoms with Gasteiger partial charge in [0.2, 0.25) is 94.5 Å². The minimum atomic E-state index is -2.10. The van der Waals surface area contributed by atoms with Gasteiger partial charge in [-0.25, -0.2) is 0 Å². The van der Waals surface area contributed by atoms with Gasteiger partial charge in [-0.1, -0.05) is 169 Å². The largest absolute Gasteiger partial charge is 0.508 e. The number of benzene rings is 6. The summed E-state index contributed by atoms with van der Waals surface area (Å²) in [4.78, 5) is 253. The normalized spacial score (nSPS) is 22.3. The number of aliphatic hydroxyl groups is 1. The summed E-state index contributed by atoms with van der Waals surface area (Å²) >= 11 is 0.703. The van der Waals surface area contributed by atoms with Crippen LogP contribution in [0.3, 0.4) is 0 Å². The molecule has 1 aliphatic rings. The molecule has 0 spiro atoms. The van der Waals surface area contributed by atoms with E-state index in [-0.39, 0.29) is 61.6 Å². The lowest BCUT2D eigenvalue weighted by atomic mass is 9.97. The Morgan fingerprint density at radius 1 is 0.471 bits per heavy atom. The highest BCUT2D eigenvalue weighted by molar-refractivity contribution is 8.00. The highest BCUT2D eigenvalue weighted by Gasteiger charge is 2.41. The molecule has 0 aliphatic carbocycles. The van der Waals surface area contributed by atoms with Crippen LogP contribution in [-0.4, -0.2) is 272 Å². The minimum absolute atomic E-state index is 0.0206. The number of aromatic hydroxyl groups is 2. The van der Waals surface area contributed by atoms with Crippen molar-refractivity contribution in [3.63, 3.8) is 0 Å². The van der Waals surface area contributed by atoms with Crippen molar-refractivity contribution >= 4 is 129 Å². The Kier molecular flexibility index (Phi) is 41.4. The highest BCUT2D eigenvalue weighted by atomic mass is 32.2. The van der Waals surface area contributed by atoms with E-state index in [1.807, 2.05) is 30.3 Å². The molecule has 0 radical (unpaired) electrons. The number of guanidine groups is 1. The zero-order valence-electron chi connectivity index (χ0n) is 78.1. The number of nitrogens with zero attached hydrogens (tertiary/aromatic N) is 2. The van der Waals surface area contributed by atoms with E-state index in [0.717, 1.165) is 20.9 Å². The van der Waals surface area contributed by atoms with Crippen molar-refractivity contribution in [1.82, 2.24) is 89.2 Å². The Morgan fingerprint density at radius 2 is 0.899 bits per heavy atom. The van der Waals surface area contributed by atoms with Gasteiger partial charge in [-0.15, -0.1) is 11.8 Å². The first-order chi connectivity index (χ1) is 65.5. The predicted octanol–water partition coefficient (Wildman–Crippen LogP) is -0.681. The number of carbonyl (C=O) groups is 17. The molecule has 8 rings (SSSR count). The van der Waals surface area contributed by atoms with Crippen LogP contribution in [0, 0.1) is 23.2 Å². The van der Waals surface area contributed by atoms with Crippen LogP contribution in [0.5, 0.6) is 11.5 Å². The number of carboxylic acids is 1. The molecule has 0 bridgehead atoms. The summed E-state index contributed by atoms with van der Waals surface area (Å²) in [5, 5.41) is 86.6. The van der Waals surface area contributed by atoms with Gasteiger partial charge in [0, 0.05) is 75.6 Å². The number of hydrogen-bond donors (Lipinski definition) is 22. The number of phenolic OH excluding ortho intramolecular Hbond substituents is 2. The number of primary amides is 1. The molecule has 1 aliphatic heterocycles. The number of thioether (sulfide) groups is 1. The first-order valence-electron chi connectivity index (χ1n) is 45.0. The van der Waals surface area contributed by atoms with Gasteiger partial charge in [-0.2, -0.15) is 0 Å². The van der Waals surface area contributed by atoms with Gasteiger partial charge in [0.15, 0.2) is 5.96 Å². The van der Waals surface area contributed by atoms with Crippen molar-refractivity contribution < 1.29 is 102 Å². The van der Waals surface area contributed by atoms with E-state index in [9.17, 15) is 68.4 Å². The Balaban J connectivity index is 1.21. The van der Waals surface area contributed by atoms with Crippen molar-refractivity contribution in [3.05, 3.63) is 192 Å². The molecule has 16 amide bonds. The number of aromatic nitrogens is 1. The number of hydrogen-bond acceptors (Lipinski definition) is 22.